The number of nitrogens with one attached hydrogen (secondary N) is 1. The zero-order valence-electron chi connectivity index (χ0n) is 9.72. The van der Waals surface area contributed by atoms with E-state index in [1.807, 2.05) is 6.07 Å². The Labute approximate surface area is 110 Å². The molecule has 2 rings (SSSR count). The molecule has 0 saturated carbocycles. The Hall–Kier alpha value is -0.450. The zero-order valence-corrected chi connectivity index (χ0v) is 11.3. The Balaban J connectivity index is 1.79. The van der Waals surface area contributed by atoms with Crippen LogP contribution in [0.1, 0.15) is 18.4 Å². The number of ether oxygens (including phenoxy) is 1. The van der Waals surface area contributed by atoms with Crippen molar-refractivity contribution < 1.29 is 9.13 Å². The van der Waals surface area contributed by atoms with Gasteiger partial charge in [-0.3, -0.25) is 0 Å². The van der Waals surface area contributed by atoms with Crippen molar-refractivity contribution >= 4 is 15.9 Å². The predicted octanol–water partition coefficient (Wildman–Crippen LogP) is 3.10. The van der Waals surface area contributed by atoms with Gasteiger partial charge in [0.05, 0.1) is 4.47 Å². The smallest absolute Gasteiger partial charge is 0.137 e. The van der Waals surface area contributed by atoms with Gasteiger partial charge in [-0.25, -0.2) is 4.39 Å². The average molecular weight is 302 g/mol. The zero-order chi connectivity index (χ0) is 12.1. The lowest BCUT2D eigenvalue weighted by Crippen LogP contribution is -2.27. The van der Waals surface area contributed by atoms with Crippen molar-refractivity contribution in [3.8, 4) is 0 Å². The molecule has 2 nitrogen and oxygen atoms in total. The molecule has 1 aromatic carbocycles. The summed E-state index contributed by atoms with van der Waals surface area (Å²) in [5, 5.41) is 3.39. The third kappa shape index (κ3) is 3.76. The Morgan fingerprint density at radius 2 is 2.12 bits per heavy atom. The van der Waals surface area contributed by atoms with Crippen LogP contribution in [0.4, 0.5) is 4.39 Å². The fraction of sp³-hybridized carbons (Fsp3) is 0.538. The third-order valence-electron chi connectivity index (χ3n) is 3.12. The molecule has 1 aromatic rings. The topological polar surface area (TPSA) is 21.3 Å². The van der Waals surface area contributed by atoms with E-state index in [9.17, 15) is 4.39 Å². The quantitative estimate of drug-likeness (QED) is 0.923. The molecule has 0 radical (unpaired) electrons. The van der Waals surface area contributed by atoms with Crippen LogP contribution in [0.5, 0.6) is 0 Å². The van der Waals surface area contributed by atoms with Crippen LogP contribution in [0, 0.1) is 11.7 Å². The minimum Gasteiger partial charge on any atom is -0.381 e. The second-order valence-corrected chi connectivity index (χ2v) is 5.19. The van der Waals surface area contributed by atoms with Crippen LogP contribution < -0.4 is 5.32 Å². The van der Waals surface area contributed by atoms with Gasteiger partial charge in [-0.05, 0) is 52.9 Å². The third-order valence-corrected chi connectivity index (χ3v) is 4.01. The average Bonchev–Trinajstić information content (AvgIpc) is 2.36. The summed E-state index contributed by atoms with van der Waals surface area (Å²) >= 11 is 3.27. The Kier molecular flexibility index (Phi) is 4.95. The lowest BCUT2D eigenvalue weighted by atomic mass is 10.0. The van der Waals surface area contributed by atoms with Crippen molar-refractivity contribution in [2.75, 3.05) is 19.8 Å². The van der Waals surface area contributed by atoms with E-state index >= 15 is 0 Å². The van der Waals surface area contributed by atoms with Crippen LogP contribution in [0.2, 0.25) is 0 Å². The van der Waals surface area contributed by atoms with Gasteiger partial charge in [0.1, 0.15) is 5.82 Å². The summed E-state index contributed by atoms with van der Waals surface area (Å²) in [7, 11) is 0. The van der Waals surface area contributed by atoms with E-state index in [0.717, 1.165) is 38.2 Å². The highest BCUT2D eigenvalue weighted by Crippen LogP contribution is 2.20. The van der Waals surface area contributed by atoms with Gasteiger partial charge in [0.25, 0.3) is 0 Å². The molecule has 1 N–H and O–H groups in total. The molecule has 4 heteroatoms. The van der Waals surface area contributed by atoms with Crippen LogP contribution in [-0.2, 0) is 11.3 Å². The van der Waals surface area contributed by atoms with Gasteiger partial charge in [-0.1, -0.05) is 12.1 Å². The first kappa shape index (κ1) is 13.0. The van der Waals surface area contributed by atoms with Gasteiger partial charge in [-0.2, -0.15) is 0 Å². The second kappa shape index (κ2) is 6.47. The minimum absolute atomic E-state index is 0.199. The van der Waals surface area contributed by atoms with E-state index < -0.39 is 0 Å². The molecule has 1 aliphatic heterocycles. The van der Waals surface area contributed by atoms with Gasteiger partial charge in [0.2, 0.25) is 0 Å². The van der Waals surface area contributed by atoms with Crippen molar-refractivity contribution in [1.82, 2.24) is 5.32 Å². The first-order valence-corrected chi connectivity index (χ1v) is 6.78. The second-order valence-electron chi connectivity index (χ2n) is 4.40. The predicted molar refractivity (Wildman–Crippen MR) is 69.3 cm³/mol. The van der Waals surface area contributed by atoms with Crippen LogP contribution in [0.3, 0.4) is 0 Å². The Morgan fingerprint density at radius 3 is 2.88 bits per heavy atom. The highest BCUT2D eigenvalue weighted by molar-refractivity contribution is 9.10. The molecule has 0 atom stereocenters. The van der Waals surface area contributed by atoms with Crippen molar-refractivity contribution in [2.24, 2.45) is 5.92 Å². The summed E-state index contributed by atoms with van der Waals surface area (Å²) < 4.78 is 19.2. The van der Waals surface area contributed by atoms with Crippen LogP contribution >= 0.6 is 15.9 Å². The number of halogens is 2. The molecule has 0 spiro atoms. The summed E-state index contributed by atoms with van der Waals surface area (Å²) in [5.41, 5.74) is 0.969. The Bertz CT molecular complexity index is 366. The SMILES string of the molecule is Fc1cccc(CNCC2CCOCC2)c1Br. The van der Waals surface area contributed by atoms with Gasteiger partial charge in [0.15, 0.2) is 0 Å². The molecule has 1 saturated heterocycles. The van der Waals surface area contributed by atoms with Gasteiger partial charge in [0, 0.05) is 19.8 Å². The largest absolute Gasteiger partial charge is 0.381 e. The molecule has 0 bridgehead atoms. The summed E-state index contributed by atoms with van der Waals surface area (Å²) in [6.45, 7) is 3.42. The molecule has 1 fully saturated rings. The molecule has 0 aromatic heterocycles. The first-order chi connectivity index (χ1) is 8.27. The molecule has 1 heterocycles. The molecule has 1 aliphatic rings. The van der Waals surface area contributed by atoms with E-state index in [0.29, 0.717) is 16.9 Å². The maximum Gasteiger partial charge on any atom is 0.137 e. The summed E-state index contributed by atoms with van der Waals surface area (Å²) in [6, 6.07) is 5.14. The van der Waals surface area contributed by atoms with Gasteiger partial charge in [-0.15, -0.1) is 0 Å². The van der Waals surface area contributed by atoms with Gasteiger partial charge < -0.3 is 10.1 Å². The number of hydrogen-bond acceptors (Lipinski definition) is 2. The van der Waals surface area contributed by atoms with Crippen molar-refractivity contribution in [1.29, 1.82) is 0 Å². The van der Waals surface area contributed by atoms with Crippen molar-refractivity contribution in [2.45, 2.75) is 19.4 Å². The van der Waals surface area contributed by atoms with Crippen LogP contribution in [0.25, 0.3) is 0 Å². The molecule has 0 amide bonds. The summed E-state index contributed by atoms with van der Waals surface area (Å²) in [5.74, 6) is 0.492. The van der Waals surface area contributed by atoms with E-state index in [1.165, 1.54) is 6.07 Å². The lowest BCUT2D eigenvalue weighted by Gasteiger charge is -2.22. The molecule has 0 aliphatic carbocycles. The van der Waals surface area contributed by atoms with E-state index in [4.69, 9.17) is 4.74 Å². The standard InChI is InChI=1S/C13H17BrFNO/c14-13-11(2-1-3-12(13)15)9-16-8-10-4-6-17-7-5-10/h1-3,10,16H,4-9H2. The van der Waals surface area contributed by atoms with Gasteiger partial charge >= 0.3 is 0 Å². The minimum atomic E-state index is -0.199. The number of benzene rings is 1. The molecule has 0 unspecified atom stereocenters. The summed E-state index contributed by atoms with van der Waals surface area (Å²) in [4.78, 5) is 0. The number of rotatable bonds is 4. The van der Waals surface area contributed by atoms with E-state index in [2.05, 4.69) is 21.2 Å². The fourth-order valence-electron chi connectivity index (χ4n) is 2.05. The fourth-order valence-corrected chi connectivity index (χ4v) is 2.45. The van der Waals surface area contributed by atoms with Crippen molar-refractivity contribution in [3.63, 3.8) is 0 Å². The van der Waals surface area contributed by atoms with E-state index in [1.54, 1.807) is 6.07 Å². The maximum atomic E-state index is 13.3. The summed E-state index contributed by atoms with van der Waals surface area (Å²) in [6.07, 6.45) is 2.24. The van der Waals surface area contributed by atoms with Crippen LogP contribution in [0.15, 0.2) is 22.7 Å². The number of hydrogen-bond donors (Lipinski definition) is 1. The highest BCUT2D eigenvalue weighted by Gasteiger charge is 2.13. The monoisotopic (exact) mass is 301 g/mol. The molecular formula is C13H17BrFNO. The van der Waals surface area contributed by atoms with Crippen molar-refractivity contribution in [3.05, 3.63) is 34.1 Å². The lowest BCUT2D eigenvalue weighted by molar-refractivity contribution is 0.0662. The molecule has 94 valence electrons. The van der Waals surface area contributed by atoms with E-state index in [-0.39, 0.29) is 5.82 Å². The normalized spacial score (nSPS) is 17.3. The highest BCUT2D eigenvalue weighted by atomic mass is 79.9. The maximum absolute atomic E-state index is 13.3. The Morgan fingerprint density at radius 1 is 1.35 bits per heavy atom. The first-order valence-electron chi connectivity index (χ1n) is 5.98. The van der Waals surface area contributed by atoms with Crippen LogP contribution in [-0.4, -0.2) is 19.8 Å². The molecular weight excluding hydrogens is 285 g/mol. The molecule has 17 heavy (non-hydrogen) atoms.